The minimum absolute atomic E-state index is 0.195. The van der Waals surface area contributed by atoms with Gasteiger partial charge in [-0.05, 0) is 24.4 Å². The lowest BCUT2D eigenvalue weighted by Gasteiger charge is -2.15. The third-order valence-electron chi connectivity index (χ3n) is 2.49. The summed E-state index contributed by atoms with van der Waals surface area (Å²) in [7, 11) is 1.58. The Morgan fingerprint density at radius 3 is 2.62 bits per heavy atom. The molecule has 16 heavy (non-hydrogen) atoms. The summed E-state index contributed by atoms with van der Waals surface area (Å²) in [4.78, 5) is 11.6. The molecule has 0 radical (unpaired) electrons. The SMILES string of the molecule is CCC(CC)Nc1snc(N)c1C(=O)NC. The van der Waals surface area contributed by atoms with Crippen LogP contribution in [0.2, 0.25) is 0 Å². The molecule has 0 aromatic carbocycles. The van der Waals surface area contributed by atoms with Gasteiger partial charge in [0.2, 0.25) is 0 Å². The molecule has 1 aromatic heterocycles. The van der Waals surface area contributed by atoms with Gasteiger partial charge in [-0.25, -0.2) is 0 Å². The van der Waals surface area contributed by atoms with Gasteiger partial charge in [-0.2, -0.15) is 4.37 Å². The lowest BCUT2D eigenvalue weighted by molar-refractivity contribution is 0.0965. The van der Waals surface area contributed by atoms with Gasteiger partial charge in [-0.15, -0.1) is 0 Å². The van der Waals surface area contributed by atoms with Crippen molar-refractivity contribution in [1.29, 1.82) is 0 Å². The van der Waals surface area contributed by atoms with E-state index in [1.165, 1.54) is 11.5 Å². The highest BCUT2D eigenvalue weighted by molar-refractivity contribution is 7.11. The van der Waals surface area contributed by atoms with Crippen LogP contribution in [0.4, 0.5) is 10.8 Å². The molecule has 0 bridgehead atoms. The fourth-order valence-electron chi connectivity index (χ4n) is 1.42. The van der Waals surface area contributed by atoms with Gasteiger partial charge in [0.05, 0.1) is 0 Å². The Hall–Kier alpha value is -1.30. The first-order valence-corrected chi connectivity index (χ1v) is 6.15. The zero-order valence-electron chi connectivity index (χ0n) is 9.83. The van der Waals surface area contributed by atoms with Gasteiger partial charge in [0.25, 0.3) is 5.91 Å². The van der Waals surface area contributed by atoms with Gasteiger partial charge in [-0.1, -0.05) is 13.8 Å². The van der Waals surface area contributed by atoms with E-state index in [9.17, 15) is 4.79 Å². The maximum Gasteiger partial charge on any atom is 0.257 e. The molecule has 0 atom stereocenters. The molecule has 0 aliphatic carbocycles. The van der Waals surface area contributed by atoms with Gasteiger partial charge in [0.15, 0.2) is 5.82 Å². The number of carbonyl (C=O) groups excluding carboxylic acids is 1. The van der Waals surface area contributed by atoms with Crippen molar-refractivity contribution in [3.8, 4) is 0 Å². The molecular formula is C10H18N4OS. The molecular weight excluding hydrogens is 224 g/mol. The van der Waals surface area contributed by atoms with Crippen LogP contribution in [0.5, 0.6) is 0 Å². The third-order valence-corrected chi connectivity index (χ3v) is 3.29. The predicted octanol–water partition coefficient (Wildman–Crippen LogP) is 1.69. The maximum absolute atomic E-state index is 11.6. The van der Waals surface area contributed by atoms with Crippen molar-refractivity contribution >= 4 is 28.3 Å². The lowest BCUT2D eigenvalue weighted by Crippen LogP contribution is -2.22. The first-order valence-electron chi connectivity index (χ1n) is 5.37. The average molecular weight is 242 g/mol. The molecule has 0 fully saturated rings. The van der Waals surface area contributed by atoms with Crippen molar-refractivity contribution in [2.45, 2.75) is 32.7 Å². The van der Waals surface area contributed by atoms with Crippen molar-refractivity contribution in [3.63, 3.8) is 0 Å². The summed E-state index contributed by atoms with van der Waals surface area (Å²) in [5.41, 5.74) is 6.13. The maximum atomic E-state index is 11.6. The number of rotatable bonds is 5. The van der Waals surface area contributed by atoms with E-state index in [-0.39, 0.29) is 11.7 Å². The van der Waals surface area contributed by atoms with E-state index < -0.39 is 0 Å². The molecule has 1 heterocycles. The highest BCUT2D eigenvalue weighted by Crippen LogP contribution is 2.27. The van der Waals surface area contributed by atoms with Crippen LogP contribution in [0.15, 0.2) is 0 Å². The third kappa shape index (κ3) is 2.63. The Morgan fingerprint density at radius 2 is 2.12 bits per heavy atom. The number of nitrogens with one attached hydrogen (secondary N) is 2. The van der Waals surface area contributed by atoms with Gasteiger partial charge in [0.1, 0.15) is 10.6 Å². The lowest BCUT2D eigenvalue weighted by atomic mass is 10.1. The van der Waals surface area contributed by atoms with E-state index in [4.69, 9.17) is 5.73 Å². The summed E-state index contributed by atoms with van der Waals surface area (Å²) in [6.07, 6.45) is 2.00. The van der Waals surface area contributed by atoms with E-state index >= 15 is 0 Å². The number of anilines is 2. The number of nitrogens with two attached hydrogens (primary N) is 1. The fraction of sp³-hybridized carbons (Fsp3) is 0.600. The zero-order chi connectivity index (χ0) is 12.1. The fourth-order valence-corrected chi connectivity index (χ4v) is 2.21. The van der Waals surface area contributed by atoms with Gasteiger partial charge < -0.3 is 16.4 Å². The Labute approximate surface area is 99.6 Å². The normalized spacial score (nSPS) is 10.5. The smallest absolute Gasteiger partial charge is 0.257 e. The van der Waals surface area contributed by atoms with Crippen LogP contribution in [-0.2, 0) is 0 Å². The minimum atomic E-state index is -0.195. The van der Waals surface area contributed by atoms with Crippen LogP contribution < -0.4 is 16.4 Å². The molecule has 1 amide bonds. The van der Waals surface area contributed by atoms with Gasteiger partial charge >= 0.3 is 0 Å². The summed E-state index contributed by atoms with van der Waals surface area (Å²) in [6, 6.07) is 0.350. The second-order valence-electron chi connectivity index (χ2n) is 3.51. The Balaban J connectivity index is 2.92. The van der Waals surface area contributed by atoms with Crippen molar-refractivity contribution in [2.75, 3.05) is 18.1 Å². The van der Waals surface area contributed by atoms with Gasteiger partial charge in [-0.3, -0.25) is 4.79 Å². The number of aromatic nitrogens is 1. The summed E-state index contributed by atoms with van der Waals surface area (Å²) < 4.78 is 4.00. The molecule has 0 aliphatic heterocycles. The summed E-state index contributed by atoms with van der Waals surface area (Å²) in [5, 5.41) is 6.62. The number of nitrogen functional groups attached to an aromatic ring is 1. The van der Waals surface area contributed by atoms with Crippen molar-refractivity contribution in [1.82, 2.24) is 9.69 Å². The quantitative estimate of drug-likeness (QED) is 0.734. The van der Waals surface area contributed by atoms with E-state index in [1.807, 2.05) is 0 Å². The Kier molecular flexibility index (Phi) is 4.54. The van der Waals surface area contributed by atoms with Crippen LogP contribution >= 0.6 is 11.5 Å². The molecule has 6 heteroatoms. The molecule has 90 valence electrons. The predicted molar refractivity (Wildman–Crippen MR) is 67.9 cm³/mol. The molecule has 0 spiro atoms. The second kappa shape index (κ2) is 5.69. The molecule has 0 saturated heterocycles. The van der Waals surface area contributed by atoms with E-state index in [2.05, 4.69) is 28.9 Å². The second-order valence-corrected chi connectivity index (χ2v) is 4.28. The highest BCUT2D eigenvalue weighted by Gasteiger charge is 2.19. The number of hydrogen-bond donors (Lipinski definition) is 3. The summed E-state index contributed by atoms with van der Waals surface area (Å²) in [5.74, 6) is 0.0949. The van der Waals surface area contributed by atoms with Crippen molar-refractivity contribution in [2.24, 2.45) is 0 Å². The number of nitrogens with zero attached hydrogens (tertiary/aromatic N) is 1. The molecule has 5 nitrogen and oxygen atoms in total. The Morgan fingerprint density at radius 1 is 1.50 bits per heavy atom. The molecule has 0 saturated carbocycles. The number of amides is 1. The highest BCUT2D eigenvalue weighted by atomic mass is 32.1. The van der Waals surface area contributed by atoms with Crippen LogP contribution in [0.1, 0.15) is 37.0 Å². The molecule has 0 aliphatic rings. The standard InChI is InChI=1S/C10H18N4OS/c1-4-6(5-2)13-10-7(9(15)12-3)8(11)14-16-10/h6,13H,4-5H2,1-3H3,(H2,11,14)(H,12,15). The van der Waals surface area contributed by atoms with E-state index in [0.717, 1.165) is 17.8 Å². The first kappa shape index (κ1) is 12.8. The molecule has 4 N–H and O–H groups in total. The number of carbonyl (C=O) groups is 1. The summed E-state index contributed by atoms with van der Waals surface area (Å²) in [6.45, 7) is 4.20. The minimum Gasteiger partial charge on any atom is -0.382 e. The molecule has 1 rings (SSSR count). The topological polar surface area (TPSA) is 80.0 Å². The average Bonchev–Trinajstić information content (AvgIpc) is 2.66. The zero-order valence-corrected chi connectivity index (χ0v) is 10.6. The summed E-state index contributed by atoms with van der Waals surface area (Å²) >= 11 is 1.23. The van der Waals surface area contributed by atoms with E-state index in [0.29, 0.717) is 11.6 Å². The molecule has 1 aromatic rings. The monoisotopic (exact) mass is 242 g/mol. The van der Waals surface area contributed by atoms with Crippen LogP contribution in [0.3, 0.4) is 0 Å². The first-order chi connectivity index (χ1) is 7.63. The Bertz CT molecular complexity index is 360. The van der Waals surface area contributed by atoms with Crippen LogP contribution in [0, 0.1) is 0 Å². The van der Waals surface area contributed by atoms with Crippen LogP contribution in [0.25, 0.3) is 0 Å². The van der Waals surface area contributed by atoms with E-state index in [1.54, 1.807) is 7.05 Å². The van der Waals surface area contributed by atoms with Crippen LogP contribution in [-0.4, -0.2) is 23.4 Å². The van der Waals surface area contributed by atoms with Crippen molar-refractivity contribution < 1.29 is 4.79 Å². The van der Waals surface area contributed by atoms with Crippen molar-refractivity contribution in [3.05, 3.63) is 5.56 Å². The number of hydrogen-bond acceptors (Lipinski definition) is 5. The molecule has 0 unspecified atom stereocenters. The van der Waals surface area contributed by atoms with Gasteiger partial charge in [0, 0.05) is 13.1 Å². The largest absolute Gasteiger partial charge is 0.382 e.